The first-order chi connectivity index (χ1) is 22.1. The zero-order valence-electron chi connectivity index (χ0n) is 26.4. The van der Waals surface area contributed by atoms with E-state index in [1.54, 1.807) is 24.3 Å². The van der Waals surface area contributed by atoms with E-state index in [0.29, 0.717) is 23.9 Å². The summed E-state index contributed by atoms with van der Waals surface area (Å²) < 4.78 is 34.9. The van der Waals surface area contributed by atoms with Crippen molar-refractivity contribution in [3.05, 3.63) is 125 Å². The number of sulfonamides is 1. The molecule has 4 rings (SSSR count). The first-order valence-corrected chi connectivity index (χ1v) is 17.1. The van der Waals surface area contributed by atoms with Crippen LogP contribution in [-0.4, -0.2) is 50.9 Å². The topological polar surface area (TPSA) is 96.0 Å². The van der Waals surface area contributed by atoms with Crippen molar-refractivity contribution in [2.45, 2.75) is 51.1 Å². The number of nitrogens with zero attached hydrogens (tertiary/aromatic N) is 2. The molecule has 1 N–H and O–H groups in total. The van der Waals surface area contributed by atoms with E-state index >= 15 is 0 Å². The minimum atomic E-state index is -4.24. The summed E-state index contributed by atoms with van der Waals surface area (Å²) in [6, 6.07) is 28.6. The van der Waals surface area contributed by atoms with E-state index < -0.39 is 28.5 Å². The van der Waals surface area contributed by atoms with Gasteiger partial charge in [0, 0.05) is 24.5 Å². The molecule has 0 heterocycles. The second-order valence-corrected chi connectivity index (χ2v) is 13.2. The molecular formula is C36H40ClN3O5S. The van der Waals surface area contributed by atoms with Crippen molar-refractivity contribution in [1.82, 2.24) is 10.2 Å². The van der Waals surface area contributed by atoms with Crippen LogP contribution in [0.4, 0.5) is 5.69 Å². The molecule has 8 nitrogen and oxygen atoms in total. The summed E-state index contributed by atoms with van der Waals surface area (Å²) in [6.07, 6.45) is 0.974. The zero-order valence-corrected chi connectivity index (χ0v) is 27.9. The highest BCUT2D eigenvalue weighted by atomic mass is 35.5. The SMILES string of the molecule is CCCNC(=O)[C@@H](Cc1ccccc1)N(Cc1ccc(C)cc1)C(=O)CN(c1ccc(OCC)cc1)S(=O)(=O)c1ccc(Cl)cc1. The highest BCUT2D eigenvalue weighted by Gasteiger charge is 2.34. The third kappa shape index (κ3) is 9.11. The van der Waals surface area contributed by atoms with Crippen LogP contribution in [0.1, 0.15) is 37.0 Å². The van der Waals surface area contributed by atoms with Crippen LogP contribution in [0, 0.1) is 6.92 Å². The maximum Gasteiger partial charge on any atom is 0.264 e. The van der Waals surface area contributed by atoms with Crippen molar-refractivity contribution in [3.8, 4) is 5.75 Å². The third-order valence-electron chi connectivity index (χ3n) is 7.41. The Kier molecular flexibility index (Phi) is 12.2. The van der Waals surface area contributed by atoms with E-state index in [2.05, 4.69) is 5.32 Å². The van der Waals surface area contributed by atoms with Gasteiger partial charge in [-0.05, 0) is 79.9 Å². The smallest absolute Gasteiger partial charge is 0.264 e. The van der Waals surface area contributed by atoms with E-state index in [0.717, 1.165) is 27.4 Å². The largest absolute Gasteiger partial charge is 0.494 e. The monoisotopic (exact) mass is 661 g/mol. The van der Waals surface area contributed by atoms with Crippen LogP contribution in [0.25, 0.3) is 0 Å². The molecule has 242 valence electrons. The number of anilines is 1. The Bertz CT molecular complexity index is 1680. The van der Waals surface area contributed by atoms with Gasteiger partial charge >= 0.3 is 0 Å². The summed E-state index contributed by atoms with van der Waals surface area (Å²) in [7, 11) is -4.24. The van der Waals surface area contributed by atoms with Crippen LogP contribution in [0.5, 0.6) is 5.75 Å². The second kappa shape index (κ2) is 16.3. The summed E-state index contributed by atoms with van der Waals surface area (Å²) >= 11 is 6.06. The van der Waals surface area contributed by atoms with Gasteiger partial charge in [0.25, 0.3) is 10.0 Å². The lowest BCUT2D eigenvalue weighted by atomic mass is 10.0. The lowest BCUT2D eigenvalue weighted by Gasteiger charge is -2.34. The zero-order chi connectivity index (χ0) is 33.1. The molecule has 0 aromatic heterocycles. The molecule has 0 aliphatic carbocycles. The number of carbonyl (C=O) groups is 2. The van der Waals surface area contributed by atoms with E-state index in [4.69, 9.17) is 16.3 Å². The molecule has 1 atom stereocenters. The highest BCUT2D eigenvalue weighted by molar-refractivity contribution is 7.92. The highest BCUT2D eigenvalue weighted by Crippen LogP contribution is 2.28. The lowest BCUT2D eigenvalue weighted by Crippen LogP contribution is -2.53. The van der Waals surface area contributed by atoms with Crippen LogP contribution in [0.15, 0.2) is 108 Å². The number of amides is 2. The summed E-state index contributed by atoms with van der Waals surface area (Å²) in [5.74, 6) is -0.267. The van der Waals surface area contributed by atoms with Crippen molar-refractivity contribution >= 4 is 39.1 Å². The molecule has 0 spiro atoms. The van der Waals surface area contributed by atoms with E-state index in [1.807, 2.05) is 75.4 Å². The Balaban J connectivity index is 1.79. The van der Waals surface area contributed by atoms with Crippen LogP contribution < -0.4 is 14.4 Å². The molecule has 0 bridgehead atoms. The van der Waals surface area contributed by atoms with Gasteiger partial charge in [-0.25, -0.2) is 8.42 Å². The number of ether oxygens (including phenoxy) is 1. The van der Waals surface area contributed by atoms with Gasteiger partial charge in [-0.1, -0.05) is 78.7 Å². The third-order valence-corrected chi connectivity index (χ3v) is 9.45. The molecule has 0 saturated heterocycles. The minimum absolute atomic E-state index is 0.0230. The average Bonchev–Trinajstić information content (AvgIpc) is 3.06. The molecule has 2 amide bonds. The normalized spacial score (nSPS) is 11.8. The van der Waals surface area contributed by atoms with Gasteiger partial charge in [0.15, 0.2) is 0 Å². The molecule has 10 heteroatoms. The standard InChI is InChI=1S/C36H40ClN3O5S/c1-4-23-38-36(42)34(24-28-9-7-6-8-10-28)39(25-29-13-11-27(3)12-14-29)35(41)26-40(31-17-19-32(20-18-31)45-5-2)46(43,44)33-21-15-30(37)16-22-33/h6-22,34H,4-5,23-26H2,1-3H3,(H,38,42)/t34-/m1/s1. The Morgan fingerprint density at radius 2 is 1.50 bits per heavy atom. The van der Waals surface area contributed by atoms with E-state index in [-0.39, 0.29) is 29.5 Å². The molecule has 4 aromatic carbocycles. The number of rotatable bonds is 15. The Labute approximate surface area is 277 Å². The van der Waals surface area contributed by atoms with Gasteiger partial charge in [0.1, 0.15) is 18.3 Å². The van der Waals surface area contributed by atoms with E-state index in [9.17, 15) is 18.0 Å². The van der Waals surface area contributed by atoms with Crippen molar-refractivity contribution < 1.29 is 22.7 Å². The number of carbonyl (C=O) groups excluding carboxylic acids is 2. The van der Waals surface area contributed by atoms with Crippen molar-refractivity contribution in [2.24, 2.45) is 0 Å². The van der Waals surface area contributed by atoms with Gasteiger partial charge in [-0.15, -0.1) is 0 Å². The molecular weight excluding hydrogens is 622 g/mol. The van der Waals surface area contributed by atoms with Crippen LogP contribution >= 0.6 is 11.6 Å². The van der Waals surface area contributed by atoms with Crippen molar-refractivity contribution in [1.29, 1.82) is 0 Å². The van der Waals surface area contributed by atoms with Gasteiger partial charge in [0.05, 0.1) is 17.2 Å². The lowest BCUT2D eigenvalue weighted by molar-refractivity contribution is -0.140. The second-order valence-electron chi connectivity index (χ2n) is 10.9. The molecule has 0 aliphatic rings. The number of nitrogens with one attached hydrogen (secondary N) is 1. The van der Waals surface area contributed by atoms with Gasteiger partial charge in [-0.3, -0.25) is 13.9 Å². The van der Waals surface area contributed by atoms with Crippen molar-refractivity contribution in [3.63, 3.8) is 0 Å². The summed E-state index contributed by atoms with van der Waals surface area (Å²) in [5.41, 5.74) is 3.02. The maximum atomic E-state index is 14.5. The van der Waals surface area contributed by atoms with Crippen molar-refractivity contribution in [2.75, 3.05) is 24.0 Å². The Morgan fingerprint density at radius 1 is 0.848 bits per heavy atom. The minimum Gasteiger partial charge on any atom is -0.494 e. The fraction of sp³-hybridized carbons (Fsp3) is 0.278. The first-order valence-electron chi connectivity index (χ1n) is 15.3. The number of hydrogen-bond donors (Lipinski definition) is 1. The average molecular weight is 662 g/mol. The summed E-state index contributed by atoms with van der Waals surface area (Å²) in [6.45, 7) is 6.24. The van der Waals surface area contributed by atoms with Crippen LogP contribution in [0.2, 0.25) is 5.02 Å². The molecule has 0 radical (unpaired) electrons. The molecule has 0 aliphatic heterocycles. The summed E-state index contributed by atoms with van der Waals surface area (Å²) in [5, 5.41) is 3.34. The van der Waals surface area contributed by atoms with Gasteiger partial charge < -0.3 is 15.0 Å². The number of aryl methyl sites for hydroxylation is 1. The summed E-state index contributed by atoms with van der Waals surface area (Å²) in [4.78, 5) is 29.7. The van der Waals surface area contributed by atoms with Gasteiger partial charge in [-0.2, -0.15) is 0 Å². The molecule has 0 fully saturated rings. The molecule has 46 heavy (non-hydrogen) atoms. The first kappa shape index (κ1) is 34.5. The Hall–Kier alpha value is -4.34. The molecule has 0 unspecified atom stereocenters. The van der Waals surface area contributed by atoms with E-state index in [1.165, 1.54) is 29.2 Å². The quantitative estimate of drug-likeness (QED) is 0.159. The number of benzene rings is 4. The van der Waals surface area contributed by atoms with Crippen LogP contribution in [0.3, 0.4) is 0 Å². The fourth-order valence-corrected chi connectivity index (χ4v) is 6.49. The predicted molar refractivity (Wildman–Crippen MR) is 183 cm³/mol. The maximum absolute atomic E-state index is 14.5. The Morgan fingerprint density at radius 3 is 2.11 bits per heavy atom. The van der Waals surface area contributed by atoms with Crippen LogP contribution in [-0.2, 0) is 32.6 Å². The number of hydrogen-bond acceptors (Lipinski definition) is 5. The molecule has 0 saturated carbocycles. The van der Waals surface area contributed by atoms with Gasteiger partial charge in [0.2, 0.25) is 11.8 Å². The number of halogens is 1. The predicted octanol–water partition coefficient (Wildman–Crippen LogP) is 6.41. The molecule has 4 aromatic rings. The fourth-order valence-electron chi connectivity index (χ4n) is 4.95.